The Balaban J connectivity index is 1.95. The first kappa shape index (κ1) is 18.6. The largest absolute Gasteiger partial charge is 0.339 e. The van der Waals surface area contributed by atoms with Crippen molar-refractivity contribution in [1.29, 1.82) is 0 Å². The van der Waals surface area contributed by atoms with E-state index in [-0.39, 0.29) is 11.7 Å². The number of amides is 1. The van der Waals surface area contributed by atoms with Crippen LogP contribution in [0.25, 0.3) is 0 Å². The number of Topliss-reactive ketones (excluding diaryl/α,β-unsaturated/α-hetero) is 1. The molecular formula is C20H25N3O2S. The average Bonchev–Trinajstić information content (AvgIpc) is 3.40. The van der Waals surface area contributed by atoms with Crippen LogP contribution in [0.2, 0.25) is 0 Å². The van der Waals surface area contributed by atoms with E-state index < -0.39 is 0 Å². The van der Waals surface area contributed by atoms with Crippen molar-refractivity contribution in [2.45, 2.75) is 46.6 Å². The quantitative estimate of drug-likeness (QED) is 0.718. The highest BCUT2D eigenvalue weighted by atomic mass is 32.1. The number of ketones is 1. The lowest BCUT2D eigenvalue weighted by atomic mass is 10.2. The number of aromatic nitrogens is 1. The summed E-state index contributed by atoms with van der Waals surface area (Å²) in [5.41, 5.74) is 2.48. The van der Waals surface area contributed by atoms with Crippen molar-refractivity contribution in [1.82, 2.24) is 9.47 Å². The minimum Gasteiger partial charge on any atom is -0.339 e. The van der Waals surface area contributed by atoms with E-state index in [1.54, 1.807) is 11.8 Å². The van der Waals surface area contributed by atoms with E-state index in [0.29, 0.717) is 24.7 Å². The van der Waals surface area contributed by atoms with Crippen molar-refractivity contribution in [3.05, 3.63) is 45.2 Å². The molecule has 0 radical (unpaired) electrons. The lowest BCUT2D eigenvalue weighted by Crippen LogP contribution is -2.30. The van der Waals surface area contributed by atoms with Crippen molar-refractivity contribution in [2.24, 2.45) is 4.99 Å². The van der Waals surface area contributed by atoms with Gasteiger partial charge in [-0.05, 0) is 57.9 Å². The Labute approximate surface area is 158 Å². The summed E-state index contributed by atoms with van der Waals surface area (Å²) in [7, 11) is 0. The van der Waals surface area contributed by atoms with Gasteiger partial charge in [-0.2, -0.15) is 0 Å². The van der Waals surface area contributed by atoms with E-state index in [1.807, 2.05) is 45.0 Å². The highest BCUT2D eigenvalue weighted by molar-refractivity contribution is 7.11. The zero-order chi connectivity index (χ0) is 18.8. The molecule has 1 fully saturated rings. The molecule has 1 heterocycles. The van der Waals surface area contributed by atoms with Crippen LogP contribution in [-0.2, 0) is 0 Å². The Morgan fingerprint density at radius 1 is 1.19 bits per heavy atom. The lowest BCUT2D eigenvalue weighted by molar-refractivity contribution is 0.0773. The van der Waals surface area contributed by atoms with Crippen LogP contribution in [-0.4, -0.2) is 34.2 Å². The molecule has 3 rings (SSSR count). The van der Waals surface area contributed by atoms with Gasteiger partial charge in [-0.1, -0.05) is 11.3 Å². The summed E-state index contributed by atoms with van der Waals surface area (Å²) in [5, 5.41) is 0. The van der Waals surface area contributed by atoms with Gasteiger partial charge in [0.15, 0.2) is 10.6 Å². The normalized spacial score (nSPS) is 14.5. The second kappa shape index (κ2) is 7.58. The molecule has 5 nitrogen and oxygen atoms in total. The monoisotopic (exact) mass is 371 g/mol. The van der Waals surface area contributed by atoms with Crippen LogP contribution in [0.4, 0.5) is 5.69 Å². The van der Waals surface area contributed by atoms with Crippen LogP contribution in [0.5, 0.6) is 0 Å². The van der Waals surface area contributed by atoms with E-state index in [9.17, 15) is 9.59 Å². The molecule has 1 aliphatic carbocycles. The van der Waals surface area contributed by atoms with Crippen LogP contribution < -0.4 is 4.80 Å². The summed E-state index contributed by atoms with van der Waals surface area (Å²) in [4.78, 5) is 32.5. The van der Waals surface area contributed by atoms with Crippen LogP contribution >= 0.6 is 11.3 Å². The third kappa shape index (κ3) is 3.65. The van der Waals surface area contributed by atoms with Gasteiger partial charge in [-0.15, -0.1) is 0 Å². The summed E-state index contributed by atoms with van der Waals surface area (Å²) >= 11 is 1.45. The third-order valence-corrected chi connectivity index (χ3v) is 5.97. The Morgan fingerprint density at radius 3 is 2.31 bits per heavy atom. The second-order valence-electron chi connectivity index (χ2n) is 6.59. The molecule has 1 aromatic carbocycles. The topological polar surface area (TPSA) is 54.7 Å². The summed E-state index contributed by atoms with van der Waals surface area (Å²) < 4.78 is 2.19. The van der Waals surface area contributed by atoms with E-state index in [0.717, 1.165) is 33.9 Å². The van der Waals surface area contributed by atoms with Gasteiger partial charge >= 0.3 is 0 Å². The predicted octanol–water partition coefficient (Wildman–Crippen LogP) is 4.11. The van der Waals surface area contributed by atoms with Gasteiger partial charge < -0.3 is 9.47 Å². The van der Waals surface area contributed by atoms with E-state index in [1.165, 1.54) is 11.3 Å². The SMILES string of the molecule is CCN(CC)C(=O)c1ccc(N=c2sc(C(C)=O)c(C)n2C2CC2)cc1. The van der Waals surface area contributed by atoms with E-state index in [2.05, 4.69) is 4.57 Å². The predicted molar refractivity (Wildman–Crippen MR) is 104 cm³/mol. The van der Waals surface area contributed by atoms with Gasteiger partial charge in [0.2, 0.25) is 0 Å². The standard InChI is InChI=1S/C20H25N3O2S/c1-5-22(6-2)19(25)15-7-9-16(10-8-15)21-20-23(17-11-12-17)13(3)18(26-20)14(4)24/h7-10,17H,5-6,11-12H2,1-4H3. The Morgan fingerprint density at radius 2 is 1.81 bits per heavy atom. The van der Waals surface area contributed by atoms with Crippen LogP contribution in [0.15, 0.2) is 29.3 Å². The summed E-state index contributed by atoms with van der Waals surface area (Å²) in [6, 6.07) is 7.86. The number of rotatable bonds is 6. The highest BCUT2D eigenvalue weighted by Gasteiger charge is 2.28. The smallest absolute Gasteiger partial charge is 0.253 e. The number of nitrogens with zero attached hydrogens (tertiary/aromatic N) is 3. The maximum Gasteiger partial charge on any atom is 0.253 e. The fourth-order valence-corrected chi connectivity index (χ4v) is 4.22. The Hall–Kier alpha value is -2.21. The second-order valence-corrected chi connectivity index (χ2v) is 7.57. The van der Waals surface area contributed by atoms with E-state index in [4.69, 9.17) is 4.99 Å². The molecule has 26 heavy (non-hydrogen) atoms. The zero-order valence-corrected chi connectivity index (χ0v) is 16.6. The van der Waals surface area contributed by atoms with Gasteiger partial charge in [0.05, 0.1) is 10.6 Å². The number of hydrogen-bond acceptors (Lipinski definition) is 4. The highest BCUT2D eigenvalue weighted by Crippen LogP contribution is 2.36. The molecule has 1 saturated carbocycles. The van der Waals surface area contributed by atoms with Gasteiger partial charge in [0.25, 0.3) is 5.91 Å². The van der Waals surface area contributed by atoms with Gasteiger partial charge in [-0.25, -0.2) is 4.99 Å². The summed E-state index contributed by atoms with van der Waals surface area (Å²) in [5.74, 6) is 0.129. The molecule has 0 bridgehead atoms. The molecule has 0 spiro atoms. The minimum atomic E-state index is 0.0421. The third-order valence-electron chi connectivity index (χ3n) is 4.71. The first-order valence-corrected chi connectivity index (χ1v) is 9.94. The molecule has 0 unspecified atom stereocenters. The Kier molecular flexibility index (Phi) is 5.41. The number of benzene rings is 1. The van der Waals surface area contributed by atoms with Crippen molar-refractivity contribution in [3.63, 3.8) is 0 Å². The molecule has 2 aromatic rings. The first-order chi connectivity index (χ1) is 12.5. The average molecular weight is 372 g/mol. The molecule has 1 aromatic heterocycles. The number of carbonyl (C=O) groups is 2. The van der Waals surface area contributed by atoms with E-state index >= 15 is 0 Å². The molecule has 1 aliphatic rings. The molecular weight excluding hydrogens is 346 g/mol. The number of hydrogen-bond donors (Lipinski definition) is 0. The van der Waals surface area contributed by atoms with Crippen LogP contribution in [0, 0.1) is 6.92 Å². The van der Waals surface area contributed by atoms with Crippen molar-refractivity contribution >= 4 is 28.7 Å². The molecule has 1 amide bonds. The maximum atomic E-state index is 12.4. The minimum absolute atomic E-state index is 0.0421. The summed E-state index contributed by atoms with van der Waals surface area (Å²) in [6.07, 6.45) is 2.28. The number of thiazole rings is 1. The van der Waals surface area contributed by atoms with Crippen LogP contribution in [0.3, 0.4) is 0 Å². The van der Waals surface area contributed by atoms with Crippen molar-refractivity contribution < 1.29 is 9.59 Å². The molecule has 0 saturated heterocycles. The van der Waals surface area contributed by atoms with Gasteiger partial charge in [-0.3, -0.25) is 9.59 Å². The maximum absolute atomic E-state index is 12.4. The summed E-state index contributed by atoms with van der Waals surface area (Å²) in [6.45, 7) is 8.96. The van der Waals surface area contributed by atoms with Crippen molar-refractivity contribution in [2.75, 3.05) is 13.1 Å². The van der Waals surface area contributed by atoms with Crippen LogP contribution in [0.1, 0.15) is 65.4 Å². The first-order valence-electron chi connectivity index (χ1n) is 9.13. The fraction of sp³-hybridized carbons (Fsp3) is 0.450. The Bertz CT molecular complexity index is 885. The fourth-order valence-electron chi connectivity index (χ4n) is 3.12. The van der Waals surface area contributed by atoms with Crippen molar-refractivity contribution in [3.8, 4) is 0 Å². The van der Waals surface area contributed by atoms with Gasteiger partial charge in [0.1, 0.15) is 0 Å². The molecule has 0 atom stereocenters. The molecule has 138 valence electrons. The number of carbonyl (C=O) groups excluding carboxylic acids is 2. The molecule has 0 N–H and O–H groups in total. The molecule has 0 aliphatic heterocycles. The molecule has 6 heteroatoms. The lowest BCUT2D eigenvalue weighted by Gasteiger charge is -2.18. The zero-order valence-electron chi connectivity index (χ0n) is 15.8. The van der Waals surface area contributed by atoms with Gasteiger partial charge in [0, 0.05) is 37.3 Å².